The van der Waals surface area contributed by atoms with Crippen LogP contribution in [-0.2, 0) is 27.3 Å². The van der Waals surface area contributed by atoms with E-state index in [-0.39, 0.29) is 49.8 Å². The number of fused-ring (bicyclic) bond motifs is 1. The molecule has 2 aliphatic heterocycles. The molecule has 1 saturated carbocycles. The minimum Gasteiger partial charge on any atom is -0.493 e. The van der Waals surface area contributed by atoms with E-state index >= 15 is 0 Å². The van der Waals surface area contributed by atoms with Crippen molar-refractivity contribution >= 4 is 17.8 Å². The van der Waals surface area contributed by atoms with E-state index in [9.17, 15) is 19.5 Å². The van der Waals surface area contributed by atoms with E-state index in [0.717, 1.165) is 37.1 Å². The summed E-state index contributed by atoms with van der Waals surface area (Å²) in [6, 6.07) is 12.4. The molecule has 0 bridgehead atoms. The molecule has 0 spiro atoms. The molecule has 2 heterocycles. The Morgan fingerprint density at radius 1 is 1.10 bits per heavy atom. The van der Waals surface area contributed by atoms with Crippen molar-refractivity contribution in [3.63, 3.8) is 0 Å². The lowest BCUT2D eigenvalue weighted by Gasteiger charge is -2.32. The van der Waals surface area contributed by atoms with Gasteiger partial charge in [0.15, 0.2) is 11.5 Å². The van der Waals surface area contributed by atoms with Crippen molar-refractivity contribution in [1.82, 2.24) is 9.80 Å². The number of carbonyl (C=O) groups excluding carboxylic acids is 2. The monoisotopic (exact) mass is 550 g/mol. The molecule has 0 aromatic heterocycles. The van der Waals surface area contributed by atoms with Crippen molar-refractivity contribution in [2.45, 2.75) is 58.0 Å². The molecule has 0 unspecified atom stereocenters. The van der Waals surface area contributed by atoms with Crippen molar-refractivity contribution in [2.75, 3.05) is 33.4 Å². The van der Waals surface area contributed by atoms with Crippen LogP contribution in [0.25, 0.3) is 0 Å². The van der Waals surface area contributed by atoms with Gasteiger partial charge in [-0.15, -0.1) is 0 Å². The number of carboxylic acids is 1. The molecule has 1 saturated heterocycles. The van der Waals surface area contributed by atoms with Crippen LogP contribution in [-0.4, -0.2) is 66.1 Å². The normalized spacial score (nSPS) is 21.0. The van der Waals surface area contributed by atoms with Crippen molar-refractivity contribution in [3.05, 3.63) is 53.1 Å². The molecule has 3 aliphatic rings. The van der Waals surface area contributed by atoms with Crippen LogP contribution < -0.4 is 14.2 Å². The molecular weight excluding hydrogens is 512 g/mol. The van der Waals surface area contributed by atoms with Crippen LogP contribution >= 0.6 is 0 Å². The highest BCUT2D eigenvalue weighted by molar-refractivity contribution is 6.01. The number of nitrogens with zero attached hydrogens (tertiary/aromatic N) is 2. The maximum atomic E-state index is 11.9. The average molecular weight is 551 g/mol. The fraction of sp³-hybridized carbons (Fsp3) is 0.516. The SMILES string of the molecule is COc1cc(CN(C[C@@H]2CC[C@H](C(=O)O)C2)[C@H](C)c2ccc3c(c2)CCO3)ccc1OCCN1C(=O)CCC1=O. The number of likely N-dealkylation sites (tertiary alicyclic amines) is 1. The first-order valence-corrected chi connectivity index (χ1v) is 14.2. The zero-order chi connectivity index (χ0) is 28.2. The van der Waals surface area contributed by atoms with Gasteiger partial charge in [-0.3, -0.25) is 24.2 Å². The zero-order valence-corrected chi connectivity index (χ0v) is 23.3. The molecule has 5 rings (SSSR count). The van der Waals surface area contributed by atoms with Crippen LogP contribution in [0.3, 0.4) is 0 Å². The molecule has 3 atom stereocenters. The quantitative estimate of drug-likeness (QED) is 0.392. The fourth-order valence-electron chi connectivity index (χ4n) is 6.12. The average Bonchev–Trinajstić information content (AvgIpc) is 3.69. The van der Waals surface area contributed by atoms with Crippen LogP contribution in [0.5, 0.6) is 17.2 Å². The highest BCUT2D eigenvalue weighted by Gasteiger charge is 2.32. The first-order valence-electron chi connectivity index (χ1n) is 14.2. The molecule has 9 heteroatoms. The number of methoxy groups -OCH3 is 1. The van der Waals surface area contributed by atoms with Gasteiger partial charge in [-0.1, -0.05) is 18.2 Å². The first kappa shape index (κ1) is 28.0. The number of hydrogen-bond donors (Lipinski definition) is 1. The van der Waals surface area contributed by atoms with E-state index in [1.807, 2.05) is 18.2 Å². The number of hydrogen-bond acceptors (Lipinski definition) is 7. The summed E-state index contributed by atoms with van der Waals surface area (Å²) in [6.07, 6.45) is 3.79. The molecule has 2 amide bonds. The molecular formula is C31H38N2O7. The Kier molecular flexibility index (Phi) is 8.59. The molecule has 214 valence electrons. The molecule has 40 heavy (non-hydrogen) atoms. The van der Waals surface area contributed by atoms with Gasteiger partial charge in [0.25, 0.3) is 0 Å². The Labute approximate surface area is 235 Å². The number of benzene rings is 2. The Hall–Kier alpha value is -3.59. The van der Waals surface area contributed by atoms with Crippen LogP contribution in [0.2, 0.25) is 0 Å². The van der Waals surface area contributed by atoms with Gasteiger partial charge < -0.3 is 19.3 Å². The van der Waals surface area contributed by atoms with Gasteiger partial charge in [0, 0.05) is 38.4 Å². The number of ether oxygens (including phenoxy) is 3. The lowest BCUT2D eigenvalue weighted by Crippen LogP contribution is -2.33. The second-order valence-corrected chi connectivity index (χ2v) is 11.1. The van der Waals surface area contributed by atoms with Crippen molar-refractivity contribution in [1.29, 1.82) is 0 Å². The molecule has 2 aromatic rings. The van der Waals surface area contributed by atoms with Gasteiger partial charge >= 0.3 is 5.97 Å². The van der Waals surface area contributed by atoms with E-state index in [1.165, 1.54) is 16.0 Å². The zero-order valence-electron chi connectivity index (χ0n) is 23.3. The minimum absolute atomic E-state index is 0.118. The number of amides is 2. The van der Waals surface area contributed by atoms with Crippen molar-refractivity contribution in [2.24, 2.45) is 11.8 Å². The highest BCUT2D eigenvalue weighted by atomic mass is 16.5. The van der Waals surface area contributed by atoms with Crippen LogP contribution in [0.15, 0.2) is 36.4 Å². The van der Waals surface area contributed by atoms with Crippen LogP contribution in [0.1, 0.15) is 61.8 Å². The van der Waals surface area contributed by atoms with Crippen molar-refractivity contribution < 1.29 is 33.7 Å². The Balaban J connectivity index is 1.30. The lowest BCUT2D eigenvalue weighted by molar-refractivity contribution is -0.142. The summed E-state index contributed by atoms with van der Waals surface area (Å²) in [6.45, 7) is 4.81. The number of aliphatic carboxylic acids is 1. The van der Waals surface area contributed by atoms with Gasteiger partial charge in [-0.25, -0.2) is 0 Å². The number of carbonyl (C=O) groups is 3. The minimum atomic E-state index is -0.695. The van der Waals surface area contributed by atoms with E-state index < -0.39 is 5.97 Å². The number of imide groups is 1. The molecule has 2 fully saturated rings. The van der Waals surface area contributed by atoms with E-state index in [0.29, 0.717) is 37.0 Å². The van der Waals surface area contributed by atoms with Crippen LogP contribution in [0, 0.1) is 11.8 Å². The van der Waals surface area contributed by atoms with Gasteiger partial charge in [-0.05, 0) is 67.0 Å². The molecule has 1 aliphatic carbocycles. The smallest absolute Gasteiger partial charge is 0.306 e. The van der Waals surface area contributed by atoms with Gasteiger partial charge in [0.05, 0.1) is 26.2 Å². The predicted octanol–water partition coefficient (Wildman–Crippen LogP) is 4.22. The lowest BCUT2D eigenvalue weighted by atomic mass is 9.99. The fourth-order valence-corrected chi connectivity index (χ4v) is 6.12. The third kappa shape index (κ3) is 6.25. The summed E-state index contributed by atoms with van der Waals surface area (Å²) in [4.78, 5) is 39.0. The Morgan fingerprint density at radius 3 is 2.62 bits per heavy atom. The summed E-state index contributed by atoms with van der Waals surface area (Å²) >= 11 is 0. The molecule has 9 nitrogen and oxygen atoms in total. The van der Waals surface area contributed by atoms with Gasteiger partial charge in [0.1, 0.15) is 12.4 Å². The van der Waals surface area contributed by atoms with Gasteiger partial charge in [0.2, 0.25) is 11.8 Å². The Bertz CT molecular complexity index is 1250. The van der Waals surface area contributed by atoms with E-state index in [2.05, 4.69) is 30.0 Å². The summed E-state index contributed by atoms with van der Waals surface area (Å²) < 4.78 is 17.2. The standard InChI is InChI=1S/C31H38N2O7/c1-20(23-6-8-26-24(17-23)11-13-39-26)32(18-21-3-5-25(15-21)31(36)37)19-22-4-7-27(28(16-22)38-2)40-14-12-33-29(34)9-10-30(33)35/h4,6-8,16-17,20-21,25H,3,5,9-15,18-19H2,1-2H3,(H,36,37)/t20-,21-,25+/m1/s1. The highest BCUT2D eigenvalue weighted by Crippen LogP contribution is 2.36. The molecule has 1 N–H and O–H groups in total. The largest absolute Gasteiger partial charge is 0.493 e. The number of carboxylic acid groups (broad SMARTS) is 1. The molecule has 2 aromatic carbocycles. The molecule has 0 radical (unpaired) electrons. The van der Waals surface area contributed by atoms with E-state index in [4.69, 9.17) is 14.2 Å². The maximum absolute atomic E-state index is 11.9. The predicted molar refractivity (Wildman–Crippen MR) is 147 cm³/mol. The van der Waals surface area contributed by atoms with Gasteiger partial charge in [-0.2, -0.15) is 0 Å². The van der Waals surface area contributed by atoms with Crippen molar-refractivity contribution in [3.8, 4) is 17.2 Å². The third-order valence-electron chi connectivity index (χ3n) is 8.47. The van der Waals surface area contributed by atoms with E-state index in [1.54, 1.807) is 7.11 Å². The van der Waals surface area contributed by atoms with Crippen LogP contribution in [0.4, 0.5) is 0 Å². The maximum Gasteiger partial charge on any atom is 0.306 e. The summed E-state index contributed by atoms with van der Waals surface area (Å²) in [7, 11) is 1.59. The summed E-state index contributed by atoms with van der Waals surface area (Å²) in [5.74, 6) is 1.16. The first-order chi connectivity index (χ1) is 19.3. The second kappa shape index (κ2) is 12.3. The third-order valence-corrected chi connectivity index (χ3v) is 8.47. The Morgan fingerprint density at radius 2 is 1.90 bits per heavy atom. The second-order valence-electron chi connectivity index (χ2n) is 11.1. The topological polar surface area (TPSA) is 106 Å². The summed E-state index contributed by atoms with van der Waals surface area (Å²) in [5, 5.41) is 9.52. The number of rotatable bonds is 12. The summed E-state index contributed by atoms with van der Waals surface area (Å²) in [5.41, 5.74) is 3.50.